The van der Waals surface area contributed by atoms with Crippen molar-refractivity contribution in [3.8, 4) is 0 Å². The molecule has 62 valence electrons. The molecule has 3 atom stereocenters. The molecule has 0 aromatic rings. The minimum absolute atomic E-state index is 0.0610. The number of aliphatic hydroxyl groups excluding tert-OH is 1. The third kappa shape index (κ3) is 2.08. The van der Waals surface area contributed by atoms with E-state index in [1.807, 2.05) is 24.3 Å². The van der Waals surface area contributed by atoms with Crippen LogP contribution in [-0.2, 0) is 0 Å². The Morgan fingerprint density at radius 2 is 2.27 bits per heavy atom. The zero-order valence-electron chi connectivity index (χ0n) is 6.17. The summed E-state index contributed by atoms with van der Waals surface area (Å²) < 4.78 is -0.615. The summed E-state index contributed by atoms with van der Waals surface area (Å²) in [7, 11) is 0. The predicted octanol–water partition coefficient (Wildman–Crippen LogP) is 2.44. The molecular formula is C8H10BrClO. The largest absolute Gasteiger partial charge is 0.393 e. The highest BCUT2D eigenvalue weighted by Gasteiger charge is 2.34. The van der Waals surface area contributed by atoms with E-state index < -0.39 is 9.89 Å². The van der Waals surface area contributed by atoms with Crippen LogP contribution in [0.1, 0.15) is 6.92 Å². The topological polar surface area (TPSA) is 20.2 Å². The maximum atomic E-state index is 9.31. The Labute approximate surface area is 79.9 Å². The number of halogens is 2. The van der Waals surface area contributed by atoms with Crippen molar-refractivity contribution in [2.45, 2.75) is 16.8 Å². The standard InChI is InChI=1S/C8H10BrClO/c1-6(11)7-4-2-3-5-8(7,9)10/h2-7,11H,1H3/t6-,7?,8?/m0/s1. The Hall–Kier alpha value is 0.210. The fraction of sp³-hybridized carbons (Fsp3) is 0.500. The highest BCUT2D eigenvalue weighted by Crippen LogP contribution is 2.39. The molecule has 1 aliphatic rings. The monoisotopic (exact) mass is 236 g/mol. The first-order chi connectivity index (χ1) is 5.04. The van der Waals surface area contributed by atoms with Gasteiger partial charge in [-0.05, 0) is 6.92 Å². The quantitative estimate of drug-likeness (QED) is 0.695. The molecule has 0 spiro atoms. The number of hydrogen-bond acceptors (Lipinski definition) is 1. The van der Waals surface area contributed by atoms with Gasteiger partial charge in [0.2, 0.25) is 0 Å². The Morgan fingerprint density at radius 1 is 1.64 bits per heavy atom. The van der Waals surface area contributed by atoms with Crippen LogP contribution in [0.15, 0.2) is 24.3 Å². The Morgan fingerprint density at radius 3 is 2.64 bits per heavy atom. The summed E-state index contributed by atoms with van der Waals surface area (Å²) >= 11 is 9.38. The first kappa shape index (κ1) is 9.30. The average Bonchev–Trinajstić information content (AvgIpc) is 1.85. The lowest BCUT2D eigenvalue weighted by atomic mass is 9.95. The summed E-state index contributed by atoms with van der Waals surface area (Å²) in [5.74, 6) is -0.0610. The molecule has 0 aromatic heterocycles. The van der Waals surface area contributed by atoms with Crippen molar-refractivity contribution < 1.29 is 5.11 Å². The molecule has 0 heterocycles. The SMILES string of the molecule is C[C@H](O)C1C=CC=CC1(Cl)Br. The summed E-state index contributed by atoms with van der Waals surface area (Å²) in [4.78, 5) is 0. The zero-order chi connectivity index (χ0) is 8.48. The van der Waals surface area contributed by atoms with Crippen molar-refractivity contribution in [1.29, 1.82) is 0 Å². The number of alkyl halides is 2. The fourth-order valence-electron chi connectivity index (χ4n) is 1.09. The van der Waals surface area contributed by atoms with Gasteiger partial charge in [0, 0.05) is 5.92 Å². The van der Waals surface area contributed by atoms with Gasteiger partial charge in [0.25, 0.3) is 0 Å². The maximum Gasteiger partial charge on any atom is 0.126 e. The Bertz CT molecular complexity index is 196. The van der Waals surface area contributed by atoms with Crippen LogP contribution >= 0.6 is 27.5 Å². The van der Waals surface area contributed by atoms with Crippen molar-refractivity contribution in [1.82, 2.24) is 0 Å². The molecule has 3 heteroatoms. The van der Waals surface area contributed by atoms with Gasteiger partial charge in [0.05, 0.1) is 6.10 Å². The van der Waals surface area contributed by atoms with Gasteiger partial charge in [0.15, 0.2) is 0 Å². The van der Waals surface area contributed by atoms with Crippen molar-refractivity contribution in [3.05, 3.63) is 24.3 Å². The normalized spacial score (nSPS) is 39.1. The molecule has 0 aliphatic heterocycles. The second-order valence-electron chi connectivity index (χ2n) is 2.68. The van der Waals surface area contributed by atoms with Crippen molar-refractivity contribution in [3.63, 3.8) is 0 Å². The molecule has 0 aromatic carbocycles. The summed E-state index contributed by atoms with van der Waals surface area (Å²) in [5, 5.41) is 9.31. The third-order valence-corrected chi connectivity index (χ3v) is 2.88. The molecule has 0 amide bonds. The van der Waals surface area contributed by atoms with Gasteiger partial charge < -0.3 is 5.11 Å². The van der Waals surface area contributed by atoms with Crippen LogP contribution in [0.5, 0.6) is 0 Å². The molecule has 2 unspecified atom stereocenters. The van der Waals surface area contributed by atoms with Crippen LogP contribution in [0.3, 0.4) is 0 Å². The number of rotatable bonds is 1. The molecular weight excluding hydrogens is 227 g/mol. The van der Waals surface area contributed by atoms with Gasteiger partial charge in [-0.25, -0.2) is 0 Å². The van der Waals surface area contributed by atoms with E-state index in [0.717, 1.165) is 0 Å². The van der Waals surface area contributed by atoms with Crippen LogP contribution in [0.25, 0.3) is 0 Å². The minimum atomic E-state index is -0.615. The Kier molecular flexibility index (Phi) is 2.79. The molecule has 0 radical (unpaired) electrons. The number of hydrogen-bond donors (Lipinski definition) is 1. The minimum Gasteiger partial charge on any atom is -0.393 e. The van der Waals surface area contributed by atoms with E-state index in [1.54, 1.807) is 6.92 Å². The Balaban J connectivity index is 2.80. The van der Waals surface area contributed by atoms with Gasteiger partial charge in [-0.3, -0.25) is 0 Å². The highest BCUT2D eigenvalue weighted by atomic mass is 79.9. The molecule has 1 N–H and O–H groups in total. The van der Waals surface area contributed by atoms with E-state index in [4.69, 9.17) is 11.6 Å². The van der Waals surface area contributed by atoms with Crippen LogP contribution in [0.2, 0.25) is 0 Å². The fourth-order valence-corrected chi connectivity index (χ4v) is 2.11. The van der Waals surface area contributed by atoms with Gasteiger partial charge in [-0.1, -0.05) is 40.2 Å². The van der Waals surface area contributed by atoms with Gasteiger partial charge in [-0.2, -0.15) is 0 Å². The molecule has 1 aliphatic carbocycles. The highest BCUT2D eigenvalue weighted by molar-refractivity contribution is 9.10. The van der Waals surface area contributed by atoms with E-state index in [9.17, 15) is 5.11 Å². The predicted molar refractivity (Wildman–Crippen MR) is 51.0 cm³/mol. The molecule has 0 saturated heterocycles. The van der Waals surface area contributed by atoms with Crippen molar-refractivity contribution in [2.24, 2.45) is 5.92 Å². The lowest BCUT2D eigenvalue weighted by molar-refractivity contribution is 0.148. The van der Waals surface area contributed by atoms with E-state index in [2.05, 4.69) is 15.9 Å². The number of aliphatic hydroxyl groups is 1. The maximum absolute atomic E-state index is 9.31. The average molecular weight is 238 g/mol. The molecule has 0 bridgehead atoms. The first-order valence-electron chi connectivity index (χ1n) is 3.46. The van der Waals surface area contributed by atoms with Gasteiger partial charge in [-0.15, -0.1) is 11.6 Å². The van der Waals surface area contributed by atoms with E-state index in [0.29, 0.717) is 0 Å². The molecule has 1 nitrogen and oxygen atoms in total. The van der Waals surface area contributed by atoms with E-state index in [-0.39, 0.29) is 5.92 Å². The molecule has 1 rings (SSSR count). The molecule has 0 saturated carbocycles. The second kappa shape index (κ2) is 3.30. The van der Waals surface area contributed by atoms with Crippen LogP contribution in [0, 0.1) is 5.92 Å². The third-order valence-electron chi connectivity index (χ3n) is 1.71. The zero-order valence-corrected chi connectivity index (χ0v) is 8.51. The van der Waals surface area contributed by atoms with Crippen molar-refractivity contribution >= 4 is 27.5 Å². The molecule has 11 heavy (non-hydrogen) atoms. The summed E-state index contributed by atoms with van der Waals surface area (Å²) in [6, 6.07) is 0. The summed E-state index contributed by atoms with van der Waals surface area (Å²) in [6.07, 6.45) is 7.03. The van der Waals surface area contributed by atoms with Crippen LogP contribution < -0.4 is 0 Å². The number of allylic oxidation sites excluding steroid dienone is 3. The summed E-state index contributed by atoms with van der Waals surface area (Å²) in [6.45, 7) is 1.73. The second-order valence-corrected chi connectivity index (χ2v) is 5.08. The van der Waals surface area contributed by atoms with Crippen LogP contribution in [-0.4, -0.2) is 15.0 Å². The lowest BCUT2D eigenvalue weighted by Gasteiger charge is -2.29. The van der Waals surface area contributed by atoms with Crippen molar-refractivity contribution in [2.75, 3.05) is 0 Å². The van der Waals surface area contributed by atoms with E-state index in [1.165, 1.54) is 0 Å². The lowest BCUT2D eigenvalue weighted by Crippen LogP contribution is -2.31. The molecule has 0 fully saturated rings. The van der Waals surface area contributed by atoms with Crippen LogP contribution in [0.4, 0.5) is 0 Å². The van der Waals surface area contributed by atoms with Gasteiger partial charge >= 0.3 is 0 Å². The van der Waals surface area contributed by atoms with E-state index >= 15 is 0 Å². The summed E-state index contributed by atoms with van der Waals surface area (Å²) in [5.41, 5.74) is 0. The smallest absolute Gasteiger partial charge is 0.126 e. The van der Waals surface area contributed by atoms with Gasteiger partial charge in [0.1, 0.15) is 3.78 Å². The first-order valence-corrected chi connectivity index (χ1v) is 4.63.